The molecule has 6 nitrogen and oxygen atoms in total. The molecule has 3 aromatic heterocycles. The van der Waals surface area contributed by atoms with Crippen LogP contribution in [0.1, 0.15) is 31.9 Å². The number of para-hydroxylation sites is 4. The Hall–Kier alpha value is -7.53. The summed E-state index contributed by atoms with van der Waals surface area (Å²) in [6, 6.07) is 66.5. The van der Waals surface area contributed by atoms with Gasteiger partial charge in [0.15, 0.2) is 0 Å². The van der Waals surface area contributed by atoms with E-state index in [1.807, 2.05) is 95.6 Å². The van der Waals surface area contributed by atoms with Gasteiger partial charge in [-0.15, -0.1) is 0 Å². The first kappa shape index (κ1) is 34.0. The molecular weight excluding hydrogens is 968 g/mol. The van der Waals surface area contributed by atoms with Crippen LogP contribution in [0.5, 0.6) is 23.0 Å². The molecule has 0 bridgehead atoms. The Balaban J connectivity index is 1.07. The zero-order chi connectivity index (χ0) is 45.2. The van der Waals surface area contributed by atoms with Crippen LogP contribution < -0.4 is 9.47 Å². The molecule has 0 fully saturated rings. The molecule has 11 aromatic rings. The maximum atomic E-state index is 8.80. The van der Waals surface area contributed by atoms with E-state index in [0.717, 1.165) is 81.7 Å². The Labute approximate surface area is 384 Å². The number of benzene rings is 8. The molecule has 2 aliphatic rings. The fraction of sp³-hybridized carbons (Fsp3) is 0.0526. The normalized spacial score (nSPS) is 14.1. The predicted octanol–water partition coefficient (Wildman–Crippen LogP) is 13.4. The number of hydrogen-bond acceptors (Lipinski definition) is 3. The van der Waals surface area contributed by atoms with Gasteiger partial charge in [0, 0.05) is 27.0 Å². The van der Waals surface area contributed by atoms with E-state index in [9.17, 15) is 0 Å². The molecular formula is C57H36N4O2Pt-2. The number of nitrogens with zero attached hydrogens (tertiary/aromatic N) is 4. The molecule has 0 N–H and O–H groups in total. The molecule has 0 amide bonds. The second kappa shape index (κ2) is 14.0. The SMILES string of the molecule is [2H]C([2H])([2H])c1cc(-n2c3[c-]c(Oc4[c-]c(-n5[c](=[Pt])n(C)c6ccccc65)ccc4)ccc3c3cc4c(cc32)C2(c3ccccc3Oc3ccccc32)c2ccccc2-4)ncc1-c1ccccc1. The first-order valence-electron chi connectivity index (χ1n) is 22.6. The number of hydrogen-bond donors (Lipinski definition) is 0. The number of aryl methyl sites for hydroxylation is 2. The number of ether oxygens (including phenoxy) is 2. The average molecular weight is 1010 g/mol. The summed E-state index contributed by atoms with van der Waals surface area (Å²) in [5.74, 6) is 3.05. The van der Waals surface area contributed by atoms with Crippen molar-refractivity contribution in [2.45, 2.75) is 12.3 Å². The maximum absolute atomic E-state index is 8.80. The fourth-order valence-corrected chi connectivity index (χ4v) is 11.0. The number of imidazole rings is 1. The van der Waals surface area contributed by atoms with Gasteiger partial charge in [0.1, 0.15) is 11.5 Å². The van der Waals surface area contributed by atoms with Gasteiger partial charge in [-0.1, -0.05) is 91.0 Å². The minimum absolute atomic E-state index is 0.204. The number of pyridine rings is 1. The summed E-state index contributed by atoms with van der Waals surface area (Å²) < 4.78 is 47.1. The summed E-state index contributed by atoms with van der Waals surface area (Å²) in [5, 5.41) is 1.89. The number of fused-ring (bicyclic) bond motifs is 13. The molecule has 13 rings (SSSR count). The van der Waals surface area contributed by atoms with Crippen LogP contribution in [-0.2, 0) is 31.8 Å². The third kappa shape index (κ3) is 5.24. The van der Waals surface area contributed by atoms with E-state index in [1.54, 1.807) is 12.3 Å². The van der Waals surface area contributed by atoms with Gasteiger partial charge in [-0.05, 0) is 52.4 Å². The van der Waals surface area contributed by atoms with Gasteiger partial charge in [0.05, 0.1) is 5.41 Å². The number of rotatable bonds is 5. The molecule has 0 atom stereocenters. The Morgan fingerprint density at radius 1 is 0.594 bits per heavy atom. The Morgan fingerprint density at radius 3 is 2.09 bits per heavy atom. The summed E-state index contributed by atoms with van der Waals surface area (Å²) in [5.41, 5.74) is 12.0. The average Bonchev–Trinajstić information content (AvgIpc) is 3.92. The van der Waals surface area contributed by atoms with E-state index in [1.165, 1.54) is 5.56 Å². The first-order valence-corrected chi connectivity index (χ1v) is 22.2. The fourth-order valence-electron chi connectivity index (χ4n) is 10.2. The molecule has 1 aliphatic carbocycles. The quantitative estimate of drug-likeness (QED) is 0.161. The molecule has 1 spiro atoms. The van der Waals surface area contributed by atoms with Crippen LogP contribution in [0.15, 0.2) is 182 Å². The van der Waals surface area contributed by atoms with Crippen LogP contribution in [0.3, 0.4) is 0 Å². The van der Waals surface area contributed by atoms with E-state index in [-0.39, 0.29) is 5.56 Å². The molecule has 0 saturated carbocycles. The van der Waals surface area contributed by atoms with Gasteiger partial charge in [-0.25, -0.2) is 0 Å². The molecule has 308 valence electrons. The Morgan fingerprint density at radius 2 is 1.30 bits per heavy atom. The van der Waals surface area contributed by atoms with Crippen LogP contribution in [0.4, 0.5) is 0 Å². The standard InChI is InChI=1S/C57H36N4O2.Pt/c1-36-29-56(58-34-45(36)37-15-4-3-5-16-37)61-52-31-40(62-39-18-14-17-38(30-39)60-35-59(2)50-23-10-11-24-51(50)60)27-28-42(52)44-32-43-41-19-6-7-20-46(41)57(49(43)33-53(44)61)47-21-8-12-25-54(47)63-55-26-13-9-22-48(55)57;/h3-29,32-34H,1-2H3;/q-2;/i1D3;. The summed E-state index contributed by atoms with van der Waals surface area (Å²) in [4.78, 5) is 5.10. The molecule has 0 unspecified atom stereocenters. The zero-order valence-electron chi connectivity index (χ0n) is 37.2. The van der Waals surface area contributed by atoms with Crippen LogP contribution >= 0.6 is 0 Å². The van der Waals surface area contributed by atoms with Crippen molar-refractivity contribution in [2.75, 3.05) is 0 Å². The third-order valence-corrected chi connectivity index (χ3v) is 14.2. The number of aromatic nitrogens is 4. The monoisotopic (exact) mass is 1010 g/mol. The molecule has 8 aromatic carbocycles. The van der Waals surface area contributed by atoms with Crippen LogP contribution in [0, 0.1) is 22.8 Å². The van der Waals surface area contributed by atoms with E-state index >= 15 is 0 Å². The molecule has 1 aliphatic heterocycles. The van der Waals surface area contributed by atoms with Crippen molar-refractivity contribution >= 4 is 32.8 Å². The molecule has 4 heterocycles. The third-order valence-electron chi connectivity index (χ3n) is 12.9. The summed E-state index contributed by atoms with van der Waals surface area (Å²) >= 11 is 2.35. The van der Waals surface area contributed by atoms with E-state index in [2.05, 4.69) is 127 Å². The molecule has 0 saturated heterocycles. The second-order valence-corrected chi connectivity index (χ2v) is 17.3. The van der Waals surface area contributed by atoms with Crippen molar-refractivity contribution < 1.29 is 32.9 Å². The van der Waals surface area contributed by atoms with Gasteiger partial charge in [0.2, 0.25) is 0 Å². The van der Waals surface area contributed by atoms with Crippen molar-refractivity contribution in [3.63, 3.8) is 0 Å². The summed E-state index contributed by atoms with van der Waals surface area (Å²) in [6.07, 6.45) is 1.69. The van der Waals surface area contributed by atoms with Gasteiger partial charge >= 0.3 is 194 Å². The minimum atomic E-state index is -2.44. The Bertz CT molecular complexity index is 3880. The molecule has 64 heavy (non-hydrogen) atoms. The van der Waals surface area contributed by atoms with Gasteiger partial charge < -0.3 is 4.74 Å². The smallest absolute Gasteiger partial charge is 0.457 e. The van der Waals surface area contributed by atoms with Crippen molar-refractivity contribution in [3.8, 4) is 56.8 Å². The second-order valence-electron chi connectivity index (χ2n) is 16.3. The van der Waals surface area contributed by atoms with Crippen molar-refractivity contribution in [3.05, 3.63) is 226 Å². The topological polar surface area (TPSA) is 46.1 Å². The van der Waals surface area contributed by atoms with Crippen molar-refractivity contribution in [1.82, 2.24) is 18.7 Å². The van der Waals surface area contributed by atoms with Crippen LogP contribution in [0.2, 0.25) is 0 Å². The van der Waals surface area contributed by atoms with Crippen molar-refractivity contribution in [2.24, 2.45) is 7.05 Å². The molecule has 0 radical (unpaired) electrons. The Kier molecular flexibility index (Phi) is 7.43. The van der Waals surface area contributed by atoms with E-state index in [4.69, 9.17) is 18.6 Å². The summed E-state index contributed by atoms with van der Waals surface area (Å²) in [7, 11) is 2.06. The van der Waals surface area contributed by atoms with E-state index < -0.39 is 12.3 Å². The minimum Gasteiger partial charge on any atom is -0.457 e. The predicted molar refractivity (Wildman–Crippen MR) is 249 cm³/mol. The zero-order valence-corrected chi connectivity index (χ0v) is 36.5. The van der Waals surface area contributed by atoms with Crippen LogP contribution in [-0.4, -0.2) is 18.7 Å². The van der Waals surface area contributed by atoms with Gasteiger partial charge in [-0.2, -0.15) is 0 Å². The summed E-state index contributed by atoms with van der Waals surface area (Å²) in [6.45, 7) is -2.44. The van der Waals surface area contributed by atoms with Gasteiger partial charge in [0.25, 0.3) is 0 Å². The molecule has 7 heteroatoms. The first-order chi connectivity index (χ1) is 32.7. The van der Waals surface area contributed by atoms with Crippen molar-refractivity contribution in [1.29, 1.82) is 0 Å². The van der Waals surface area contributed by atoms with Crippen LogP contribution in [0.25, 0.3) is 66.6 Å². The van der Waals surface area contributed by atoms with Gasteiger partial charge in [-0.3, -0.25) is 0 Å². The van der Waals surface area contributed by atoms with E-state index in [0.29, 0.717) is 28.4 Å².